The summed E-state index contributed by atoms with van der Waals surface area (Å²) in [6.45, 7) is 0. The predicted octanol–water partition coefficient (Wildman–Crippen LogP) is 1.94. The second-order valence-electron chi connectivity index (χ2n) is 7.99. The summed E-state index contributed by atoms with van der Waals surface area (Å²) in [6, 6.07) is 11.6. The second-order valence-corrected chi connectivity index (χ2v) is 7.99. The van der Waals surface area contributed by atoms with Gasteiger partial charge in [-0.3, -0.25) is 14.5 Å². The van der Waals surface area contributed by atoms with Crippen molar-refractivity contribution in [1.29, 1.82) is 5.26 Å². The SMILES string of the molecule is COC(=O)[C@H]1[C@@H]2C(c3c(OC)cc(OC)cc3OC)=NO[C@]2(CC#N)C(=O)N1C(=O)c1ccccc1. The first-order chi connectivity index (χ1) is 17.4. The zero-order valence-corrected chi connectivity index (χ0v) is 20.0. The lowest BCUT2D eigenvalue weighted by atomic mass is 9.78. The van der Waals surface area contributed by atoms with Crippen molar-refractivity contribution in [3.8, 4) is 23.3 Å². The van der Waals surface area contributed by atoms with E-state index in [4.69, 9.17) is 23.8 Å². The minimum Gasteiger partial charge on any atom is -0.496 e. The molecule has 1 fully saturated rings. The highest BCUT2D eigenvalue weighted by Gasteiger charge is 2.70. The number of likely N-dealkylation sites (tertiary alicyclic amines) is 1. The molecule has 2 aliphatic rings. The first-order valence-electron chi connectivity index (χ1n) is 10.8. The molecule has 2 aliphatic heterocycles. The lowest BCUT2D eigenvalue weighted by molar-refractivity contribution is -0.150. The number of benzene rings is 2. The molecule has 4 rings (SSSR count). The van der Waals surface area contributed by atoms with Gasteiger partial charge in [-0.1, -0.05) is 23.4 Å². The van der Waals surface area contributed by atoms with Crippen molar-refractivity contribution >= 4 is 23.5 Å². The summed E-state index contributed by atoms with van der Waals surface area (Å²) in [7, 11) is 5.44. The highest BCUT2D eigenvalue weighted by atomic mass is 16.7. The highest BCUT2D eigenvalue weighted by molar-refractivity contribution is 6.20. The Balaban J connectivity index is 1.94. The van der Waals surface area contributed by atoms with Crippen molar-refractivity contribution in [2.75, 3.05) is 28.4 Å². The van der Waals surface area contributed by atoms with E-state index in [1.165, 1.54) is 33.5 Å². The van der Waals surface area contributed by atoms with Crippen LogP contribution in [0.2, 0.25) is 0 Å². The number of ether oxygens (including phenoxy) is 4. The molecule has 0 spiro atoms. The standard InChI is InChI=1S/C25H23N3O8/c1-32-15-12-16(33-2)18(17(13-15)34-3)20-19-21(23(30)35-4)28(22(29)14-8-6-5-7-9-14)24(31)25(19,10-11-26)36-27-20/h5-9,12-13,19,21H,10H2,1-4H3/t19-,21+,25-/m0/s1. The van der Waals surface area contributed by atoms with Crippen LogP contribution in [0.25, 0.3) is 0 Å². The molecular weight excluding hydrogens is 470 g/mol. The zero-order chi connectivity index (χ0) is 26.0. The fraction of sp³-hybridized carbons (Fsp3) is 0.320. The summed E-state index contributed by atoms with van der Waals surface area (Å²) < 4.78 is 21.4. The van der Waals surface area contributed by atoms with Gasteiger partial charge in [-0.15, -0.1) is 0 Å². The number of carbonyl (C=O) groups excluding carboxylic acids is 3. The summed E-state index contributed by atoms with van der Waals surface area (Å²) in [4.78, 5) is 46.9. The number of esters is 1. The quantitative estimate of drug-likeness (QED) is 0.418. The minimum atomic E-state index is -1.94. The number of amides is 2. The summed E-state index contributed by atoms with van der Waals surface area (Å²) in [5, 5.41) is 13.8. The Hall–Kier alpha value is -4.59. The fourth-order valence-corrected chi connectivity index (χ4v) is 4.62. The van der Waals surface area contributed by atoms with E-state index in [1.54, 1.807) is 30.3 Å². The number of hydrogen-bond donors (Lipinski definition) is 0. The summed E-state index contributed by atoms with van der Waals surface area (Å²) in [5.74, 6) is -2.75. The molecule has 186 valence electrons. The van der Waals surface area contributed by atoms with Crippen molar-refractivity contribution in [2.24, 2.45) is 11.1 Å². The van der Waals surface area contributed by atoms with Gasteiger partial charge in [-0.2, -0.15) is 5.26 Å². The van der Waals surface area contributed by atoms with Crippen molar-refractivity contribution in [2.45, 2.75) is 18.1 Å². The van der Waals surface area contributed by atoms with Crippen LogP contribution in [0, 0.1) is 17.2 Å². The van der Waals surface area contributed by atoms with E-state index < -0.39 is 41.8 Å². The van der Waals surface area contributed by atoms with Crippen LogP contribution < -0.4 is 14.2 Å². The van der Waals surface area contributed by atoms with Crippen LogP contribution in [0.1, 0.15) is 22.3 Å². The van der Waals surface area contributed by atoms with Crippen LogP contribution in [-0.2, 0) is 19.2 Å². The third-order valence-electron chi connectivity index (χ3n) is 6.27. The number of nitrogens with zero attached hydrogens (tertiary/aromatic N) is 3. The van der Waals surface area contributed by atoms with Gasteiger partial charge in [-0.25, -0.2) is 4.79 Å². The van der Waals surface area contributed by atoms with E-state index in [0.717, 1.165) is 12.0 Å². The Morgan fingerprint density at radius 1 is 1.08 bits per heavy atom. The maximum absolute atomic E-state index is 13.8. The Morgan fingerprint density at radius 3 is 2.25 bits per heavy atom. The van der Waals surface area contributed by atoms with Crippen LogP contribution in [-0.4, -0.2) is 68.5 Å². The lowest BCUT2D eigenvalue weighted by Crippen LogP contribution is -2.47. The number of oxime groups is 1. The first-order valence-corrected chi connectivity index (χ1v) is 10.8. The van der Waals surface area contributed by atoms with Gasteiger partial charge in [0.05, 0.1) is 52.4 Å². The number of nitriles is 1. The number of carbonyl (C=O) groups is 3. The average Bonchev–Trinajstić information content (AvgIpc) is 3.40. The molecule has 2 heterocycles. The summed E-state index contributed by atoms with van der Waals surface area (Å²) >= 11 is 0. The van der Waals surface area contributed by atoms with Crippen molar-refractivity contribution in [3.63, 3.8) is 0 Å². The molecule has 0 aromatic heterocycles. The van der Waals surface area contributed by atoms with E-state index in [-0.39, 0.29) is 28.3 Å². The molecule has 11 nitrogen and oxygen atoms in total. The Labute approximate surface area is 206 Å². The number of rotatable bonds is 7. The third kappa shape index (κ3) is 3.58. The molecule has 2 aromatic rings. The number of methoxy groups -OCH3 is 4. The lowest BCUT2D eigenvalue weighted by Gasteiger charge is -2.25. The molecule has 0 unspecified atom stereocenters. The number of imide groups is 1. The van der Waals surface area contributed by atoms with Gasteiger partial charge in [0.2, 0.25) is 5.60 Å². The van der Waals surface area contributed by atoms with E-state index in [1.807, 2.05) is 6.07 Å². The summed E-state index contributed by atoms with van der Waals surface area (Å²) in [5.41, 5.74) is -1.40. The van der Waals surface area contributed by atoms with Gasteiger partial charge in [0.15, 0.2) is 6.04 Å². The summed E-state index contributed by atoms with van der Waals surface area (Å²) in [6.07, 6.45) is -0.476. The molecule has 36 heavy (non-hydrogen) atoms. The van der Waals surface area contributed by atoms with Gasteiger partial charge in [-0.05, 0) is 12.1 Å². The monoisotopic (exact) mass is 493 g/mol. The minimum absolute atomic E-state index is 0.0914. The maximum atomic E-state index is 13.8. The molecule has 0 aliphatic carbocycles. The Kier molecular flexibility index (Phi) is 6.53. The average molecular weight is 493 g/mol. The second kappa shape index (κ2) is 9.58. The highest BCUT2D eigenvalue weighted by Crippen LogP contribution is 2.50. The number of hydrogen-bond acceptors (Lipinski definition) is 10. The zero-order valence-electron chi connectivity index (χ0n) is 20.0. The Bertz CT molecular complexity index is 1260. The van der Waals surface area contributed by atoms with Crippen LogP contribution >= 0.6 is 0 Å². The van der Waals surface area contributed by atoms with Crippen LogP contribution in [0.3, 0.4) is 0 Å². The molecule has 3 atom stereocenters. The predicted molar refractivity (Wildman–Crippen MR) is 124 cm³/mol. The molecule has 0 saturated carbocycles. The van der Waals surface area contributed by atoms with Crippen LogP contribution in [0.15, 0.2) is 47.6 Å². The molecular formula is C25H23N3O8. The van der Waals surface area contributed by atoms with E-state index in [9.17, 15) is 19.6 Å². The van der Waals surface area contributed by atoms with Crippen molar-refractivity contribution < 1.29 is 38.2 Å². The molecule has 0 bridgehead atoms. The molecule has 1 saturated heterocycles. The van der Waals surface area contributed by atoms with Crippen LogP contribution in [0.4, 0.5) is 0 Å². The first kappa shape index (κ1) is 24.5. The van der Waals surface area contributed by atoms with Crippen LogP contribution in [0.5, 0.6) is 17.2 Å². The smallest absolute Gasteiger partial charge is 0.329 e. The van der Waals surface area contributed by atoms with Gasteiger partial charge >= 0.3 is 5.97 Å². The topological polar surface area (TPSA) is 137 Å². The largest absolute Gasteiger partial charge is 0.496 e. The van der Waals surface area contributed by atoms with Crippen molar-refractivity contribution in [1.82, 2.24) is 4.90 Å². The molecule has 2 aromatic carbocycles. The van der Waals surface area contributed by atoms with Gasteiger partial charge in [0.1, 0.15) is 23.0 Å². The van der Waals surface area contributed by atoms with Gasteiger partial charge in [0, 0.05) is 17.7 Å². The van der Waals surface area contributed by atoms with Gasteiger partial charge in [0.25, 0.3) is 11.8 Å². The molecule has 0 radical (unpaired) electrons. The third-order valence-corrected chi connectivity index (χ3v) is 6.27. The molecule has 2 amide bonds. The van der Waals surface area contributed by atoms with E-state index >= 15 is 0 Å². The van der Waals surface area contributed by atoms with E-state index in [2.05, 4.69) is 5.16 Å². The van der Waals surface area contributed by atoms with Crippen molar-refractivity contribution in [3.05, 3.63) is 53.6 Å². The van der Waals surface area contributed by atoms with E-state index in [0.29, 0.717) is 5.75 Å². The number of fused-ring (bicyclic) bond motifs is 1. The molecule has 0 N–H and O–H groups in total. The normalized spacial score (nSPS) is 22.1. The molecule has 11 heteroatoms. The fourth-order valence-electron chi connectivity index (χ4n) is 4.62. The van der Waals surface area contributed by atoms with Gasteiger partial charge < -0.3 is 23.8 Å². The Morgan fingerprint density at radius 2 is 1.72 bits per heavy atom. The maximum Gasteiger partial charge on any atom is 0.329 e.